The van der Waals surface area contributed by atoms with Crippen molar-refractivity contribution >= 4 is 110 Å². The highest BCUT2D eigenvalue weighted by Gasteiger charge is 2.21. The summed E-state index contributed by atoms with van der Waals surface area (Å²) in [7, 11) is 0. The van der Waals surface area contributed by atoms with Crippen LogP contribution in [0.3, 0.4) is 0 Å². The average molecular weight is 1020 g/mol. The fraction of sp³-hybridized carbons (Fsp3) is 0. The Morgan fingerprint density at radius 3 is 1.11 bits per heavy atom. The number of hydrogen-bond donors (Lipinski definition) is 0. The van der Waals surface area contributed by atoms with Gasteiger partial charge < -0.3 is 18.9 Å². The van der Waals surface area contributed by atoms with Crippen LogP contribution < -0.4 is 9.80 Å². The number of fused-ring (bicyclic) bond motifs is 6. The van der Waals surface area contributed by atoms with Gasteiger partial charge in [-0.1, -0.05) is 170 Å². The first-order valence-corrected chi connectivity index (χ1v) is 27.5. The van der Waals surface area contributed by atoms with Gasteiger partial charge in [0.2, 0.25) is 0 Å². The molecule has 2 aromatic heterocycles. The van der Waals surface area contributed by atoms with Crippen LogP contribution in [0.5, 0.6) is 0 Å². The Bertz CT molecular complexity index is 4950. The molecule has 0 fully saturated rings. The first-order valence-electron chi connectivity index (χ1n) is 27.5. The van der Waals surface area contributed by atoms with Crippen LogP contribution in [0.2, 0.25) is 0 Å². The Kier molecular flexibility index (Phi) is 10.5. The van der Waals surface area contributed by atoms with E-state index in [1.54, 1.807) is 0 Å². The third-order valence-electron chi connectivity index (χ3n) is 16.4. The molecular weight excluding hydrogens is 969 g/mol. The van der Waals surface area contributed by atoms with Gasteiger partial charge in [0.05, 0.1) is 22.1 Å². The molecule has 2 heterocycles. The average Bonchev–Trinajstić information content (AvgIpc) is 4.06. The zero-order valence-electron chi connectivity index (χ0n) is 43.7. The second-order valence-electron chi connectivity index (χ2n) is 20.9. The molecule has 16 rings (SSSR count). The molecule has 4 heteroatoms. The molecule has 0 saturated heterocycles. The second-order valence-corrected chi connectivity index (χ2v) is 20.9. The van der Waals surface area contributed by atoms with E-state index >= 15 is 0 Å². The lowest BCUT2D eigenvalue weighted by Gasteiger charge is -2.26. The van der Waals surface area contributed by atoms with Gasteiger partial charge in [0, 0.05) is 67.0 Å². The molecule has 80 heavy (non-hydrogen) atoms. The largest absolute Gasteiger partial charge is 0.310 e. The molecule has 0 spiro atoms. The summed E-state index contributed by atoms with van der Waals surface area (Å²) in [6.45, 7) is 0. The Morgan fingerprint density at radius 1 is 0.212 bits per heavy atom. The van der Waals surface area contributed by atoms with Crippen molar-refractivity contribution in [2.45, 2.75) is 0 Å². The maximum Gasteiger partial charge on any atom is 0.0542 e. The lowest BCUT2D eigenvalue weighted by atomic mass is 9.88. The fourth-order valence-electron chi connectivity index (χ4n) is 12.8. The molecular formula is C76H50N4. The zero-order chi connectivity index (χ0) is 52.7. The molecule has 0 bridgehead atoms. The zero-order valence-corrected chi connectivity index (χ0v) is 43.7. The summed E-state index contributed by atoms with van der Waals surface area (Å²) in [6, 6.07) is 111. The van der Waals surface area contributed by atoms with Gasteiger partial charge in [0.15, 0.2) is 0 Å². The quantitative estimate of drug-likeness (QED) is 0.127. The van der Waals surface area contributed by atoms with E-state index in [2.05, 4.69) is 322 Å². The summed E-state index contributed by atoms with van der Waals surface area (Å²) in [5, 5.41) is 12.5. The molecule has 0 aliphatic heterocycles. The van der Waals surface area contributed by atoms with Crippen LogP contribution >= 0.6 is 0 Å². The number of benzene rings is 14. The van der Waals surface area contributed by atoms with Crippen molar-refractivity contribution in [3.8, 4) is 33.6 Å². The van der Waals surface area contributed by atoms with Crippen molar-refractivity contribution in [2.75, 3.05) is 9.80 Å². The Balaban J connectivity index is 0.741. The van der Waals surface area contributed by atoms with Crippen molar-refractivity contribution in [2.24, 2.45) is 0 Å². The molecule has 0 radical (unpaired) electrons. The number of anilines is 6. The lowest BCUT2D eigenvalue weighted by Crippen LogP contribution is -2.09. The van der Waals surface area contributed by atoms with Gasteiger partial charge >= 0.3 is 0 Å². The van der Waals surface area contributed by atoms with Gasteiger partial charge in [0.1, 0.15) is 0 Å². The highest BCUT2D eigenvalue weighted by molar-refractivity contribution is 6.26. The number of para-hydroxylation sites is 6. The van der Waals surface area contributed by atoms with Crippen LogP contribution in [0, 0.1) is 0 Å². The Morgan fingerprint density at radius 2 is 0.600 bits per heavy atom. The number of aromatic nitrogens is 2. The van der Waals surface area contributed by atoms with Gasteiger partial charge in [-0.2, -0.15) is 0 Å². The van der Waals surface area contributed by atoms with Gasteiger partial charge in [-0.25, -0.2) is 0 Å². The highest BCUT2D eigenvalue weighted by atomic mass is 15.1. The van der Waals surface area contributed by atoms with E-state index in [1.165, 1.54) is 98.2 Å². The van der Waals surface area contributed by atoms with E-state index in [0.29, 0.717) is 0 Å². The van der Waals surface area contributed by atoms with Crippen LogP contribution in [0.4, 0.5) is 34.1 Å². The van der Waals surface area contributed by atoms with Crippen molar-refractivity contribution < 1.29 is 0 Å². The van der Waals surface area contributed by atoms with Crippen molar-refractivity contribution in [1.29, 1.82) is 0 Å². The van der Waals surface area contributed by atoms with E-state index in [0.717, 1.165) is 45.5 Å². The molecule has 0 N–H and O–H groups in total. The highest BCUT2D eigenvalue weighted by Crippen LogP contribution is 2.45. The molecule has 374 valence electrons. The molecule has 0 amide bonds. The molecule has 14 aromatic carbocycles. The standard InChI is InChI=1S/C76H50N4/c1-5-17-57(18-6-1)77(63-41-45-73-69(49-63)66-25-13-15-27-71(66)79(73)59-21-9-3-10-22-59)61-37-31-51(32-38-61)56-47-54-30-29-53-35-43-65(68-44-36-55(48-56)75(54)76(53)68)52-33-39-62(40-34-52)78(58-19-7-2-8-20-58)64-42-46-74-70(50-64)67-26-14-16-28-72(67)80(74)60-23-11-4-12-24-60/h1-50H. The first-order chi connectivity index (χ1) is 39.7. The van der Waals surface area contributed by atoms with Gasteiger partial charge in [-0.05, 0) is 188 Å². The summed E-state index contributed by atoms with van der Waals surface area (Å²) < 4.78 is 4.75. The number of hydrogen-bond acceptors (Lipinski definition) is 2. The van der Waals surface area contributed by atoms with Crippen LogP contribution in [0.25, 0.3) is 110 Å². The molecule has 0 aliphatic carbocycles. The molecule has 0 unspecified atom stereocenters. The molecule has 0 aliphatic rings. The SMILES string of the molecule is c1ccc(N(c2ccc(-c3cc4ccc5ccc(-c6ccc(N(c7ccccc7)c7ccc8c(c7)c7ccccc7n8-c7ccccc7)cc6)c6ccc(c3)c4c56)cc2)c2ccc3c(c2)c2ccccc2n3-c2ccccc2)cc1. The normalized spacial score (nSPS) is 11.8. The monoisotopic (exact) mass is 1020 g/mol. The smallest absolute Gasteiger partial charge is 0.0542 e. The number of nitrogens with zero attached hydrogens (tertiary/aromatic N) is 4. The molecule has 16 aromatic rings. The van der Waals surface area contributed by atoms with Gasteiger partial charge in [0.25, 0.3) is 0 Å². The Labute approximate surface area is 463 Å². The summed E-state index contributed by atoms with van der Waals surface area (Å²) in [4.78, 5) is 4.75. The summed E-state index contributed by atoms with van der Waals surface area (Å²) >= 11 is 0. The first kappa shape index (κ1) is 45.5. The van der Waals surface area contributed by atoms with Crippen LogP contribution in [-0.2, 0) is 0 Å². The van der Waals surface area contributed by atoms with E-state index in [-0.39, 0.29) is 0 Å². The van der Waals surface area contributed by atoms with Crippen LogP contribution in [0.1, 0.15) is 0 Å². The van der Waals surface area contributed by atoms with Crippen molar-refractivity contribution in [3.05, 3.63) is 303 Å². The topological polar surface area (TPSA) is 16.3 Å². The minimum absolute atomic E-state index is 1.10. The van der Waals surface area contributed by atoms with Crippen molar-refractivity contribution in [1.82, 2.24) is 9.13 Å². The van der Waals surface area contributed by atoms with E-state index in [9.17, 15) is 0 Å². The van der Waals surface area contributed by atoms with Crippen LogP contribution in [0.15, 0.2) is 303 Å². The maximum atomic E-state index is 2.37. The second kappa shape index (κ2) is 18.5. The minimum Gasteiger partial charge on any atom is -0.310 e. The summed E-state index contributed by atoms with van der Waals surface area (Å²) in [6.07, 6.45) is 0. The van der Waals surface area contributed by atoms with E-state index in [4.69, 9.17) is 0 Å². The maximum absolute atomic E-state index is 2.37. The fourth-order valence-corrected chi connectivity index (χ4v) is 12.8. The number of rotatable bonds is 10. The van der Waals surface area contributed by atoms with Gasteiger partial charge in [-0.3, -0.25) is 0 Å². The Hall–Kier alpha value is -10.7. The van der Waals surface area contributed by atoms with Crippen molar-refractivity contribution in [3.63, 3.8) is 0 Å². The summed E-state index contributed by atoms with van der Waals surface area (Å²) in [5.41, 5.74) is 18.5. The molecule has 4 nitrogen and oxygen atoms in total. The molecule has 0 atom stereocenters. The summed E-state index contributed by atoms with van der Waals surface area (Å²) in [5.74, 6) is 0. The third-order valence-corrected chi connectivity index (χ3v) is 16.4. The van der Waals surface area contributed by atoms with Crippen LogP contribution in [-0.4, -0.2) is 9.13 Å². The predicted molar refractivity (Wildman–Crippen MR) is 339 cm³/mol. The lowest BCUT2D eigenvalue weighted by molar-refractivity contribution is 1.18. The predicted octanol–water partition coefficient (Wildman–Crippen LogP) is 21.1. The minimum atomic E-state index is 1.10. The van der Waals surface area contributed by atoms with E-state index in [1.807, 2.05) is 0 Å². The van der Waals surface area contributed by atoms with E-state index < -0.39 is 0 Å². The molecule has 0 saturated carbocycles. The third kappa shape index (κ3) is 7.38. The van der Waals surface area contributed by atoms with Gasteiger partial charge in [-0.15, -0.1) is 0 Å².